The summed E-state index contributed by atoms with van der Waals surface area (Å²) in [6, 6.07) is 0. The zero-order chi connectivity index (χ0) is 6.27. The molecule has 2 unspecified atom stereocenters. The van der Waals surface area contributed by atoms with Crippen LogP contribution in [0.1, 0.15) is 26.2 Å². The van der Waals surface area contributed by atoms with Crippen LogP contribution >= 0.6 is 0 Å². The van der Waals surface area contributed by atoms with Crippen LogP contribution in [-0.4, -0.2) is 0 Å². The van der Waals surface area contributed by atoms with E-state index in [9.17, 15) is 0 Å². The van der Waals surface area contributed by atoms with E-state index in [4.69, 9.17) is 0 Å². The van der Waals surface area contributed by atoms with E-state index in [1.165, 1.54) is 12.8 Å². The average molecular weight is 120 g/mol. The van der Waals surface area contributed by atoms with Crippen molar-refractivity contribution < 1.29 is 0 Å². The predicted octanol–water partition coefficient (Wildman–Crippen LogP) is 2.06. The van der Waals surface area contributed by atoms with Crippen molar-refractivity contribution in [3.8, 4) is 11.8 Å². The van der Waals surface area contributed by atoms with E-state index in [0.717, 1.165) is 24.2 Å². The van der Waals surface area contributed by atoms with E-state index in [1.807, 2.05) is 0 Å². The minimum absolute atomic E-state index is 0.838. The van der Waals surface area contributed by atoms with Crippen molar-refractivity contribution in [2.45, 2.75) is 26.2 Å². The van der Waals surface area contributed by atoms with E-state index < -0.39 is 0 Å². The molecule has 0 saturated heterocycles. The van der Waals surface area contributed by atoms with E-state index in [-0.39, 0.29) is 0 Å². The largest absolute Gasteiger partial charge is 0.103 e. The van der Waals surface area contributed by atoms with Gasteiger partial charge < -0.3 is 0 Å². The molecule has 0 bridgehead atoms. The van der Waals surface area contributed by atoms with Crippen molar-refractivity contribution in [2.75, 3.05) is 0 Å². The van der Waals surface area contributed by atoms with Crippen LogP contribution in [0.3, 0.4) is 0 Å². The molecule has 48 valence electrons. The van der Waals surface area contributed by atoms with Gasteiger partial charge in [0, 0.05) is 12.3 Å². The molecule has 0 nitrogen and oxygen atoms in total. The Morgan fingerprint density at radius 1 is 1.33 bits per heavy atom. The third kappa shape index (κ3) is 0.678. The highest BCUT2D eigenvalue weighted by Crippen LogP contribution is 2.60. The Morgan fingerprint density at radius 2 is 2.00 bits per heavy atom. The van der Waals surface area contributed by atoms with Gasteiger partial charge in [-0.1, -0.05) is 12.8 Å². The molecule has 2 aliphatic rings. The normalized spacial score (nSPS) is 43.9. The molecule has 2 saturated carbocycles. The number of rotatable bonds is 0. The lowest BCUT2D eigenvalue weighted by Gasteiger charge is -2.04. The van der Waals surface area contributed by atoms with Gasteiger partial charge in [0.2, 0.25) is 0 Å². The van der Waals surface area contributed by atoms with Gasteiger partial charge in [-0.15, -0.1) is 5.92 Å². The molecule has 0 N–H and O–H groups in total. The van der Waals surface area contributed by atoms with Gasteiger partial charge in [0.15, 0.2) is 0 Å². The van der Waals surface area contributed by atoms with E-state index >= 15 is 0 Å². The first-order valence-corrected chi connectivity index (χ1v) is 3.92. The van der Waals surface area contributed by atoms with Crippen molar-refractivity contribution in [3.05, 3.63) is 0 Å². The third-order valence-corrected chi connectivity index (χ3v) is 2.61. The maximum atomic E-state index is 3.32. The molecule has 0 heterocycles. The highest BCUT2D eigenvalue weighted by Gasteiger charge is 2.55. The molecule has 2 aliphatic carbocycles. The first-order valence-electron chi connectivity index (χ1n) is 3.92. The molecular weight excluding hydrogens is 108 g/mol. The van der Waals surface area contributed by atoms with Gasteiger partial charge in [0.25, 0.3) is 0 Å². The first-order chi connectivity index (χ1) is 4.43. The quantitative estimate of drug-likeness (QED) is 0.429. The summed E-state index contributed by atoms with van der Waals surface area (Å²) in [7, 11) is 0. The lowest BCUT2D eigenvalue weighted by molar-refractivity contribution is 0.468. The van der Waals surface area contributed by atoms with Gasteiger partial charge in [-0.25, -0.2) is 0 Å². The lowest BCUT2D eigenvalue weighted by Crippen LogP contribution is -1.93. The van der Waals surface area contributed by atoms with Crippen LogP contribution in [0.5, 0.6) is 0 Å². The Kier molecular flexibility index (Phi) is 1.05. The second kappa shape index (κ2) is 1.77. The van der Waals surface area contributed by atoms with Crippen LogP contribution in [0.15, 0.2) is 0 Å². The zero-order valence-corrected chi connectivity index (χ0v) is 5.85. The Bertz CT molecular complexity index is 160. The smallest absolute Gasteiger partial charge is 0.0265 e. The fourth-order valence-corrected chi connectivity index (χ4v) is 1.79. The summed E-state index contributed by atoms with van der Waals surface area (Å²) in [5.74, 6) is 9.41. The second-order valence-corrected chi connectivity index (χ2v) is 3.11. The summed E-state index contributed by atoms with van der Waals surface area (Å²) >= 11 is 0. The summed E-state index contributed by atoms with van der Waals surface area (Å²) < 4.78 is 0. The molecule has 0 aliphatic heterocycles. The van der Waals surface area contributed by atoms with Crippen LogP contribution in [0.4, 0.5) is 0 Å². The molecule has 0 radical (unpaired) electrons. The standard InChI is InChI=1S/C9H12/c1-2-3-4-7-8-5-6-9(7)8/h7-9H,2,5-6H2,1H3. The van der Waals surface area contributed by atoms with Gasteiger partial charge in [-0.3, -0.25) is 0 Å². The fourth-order valence-electron chi connectivity index (χ4n) is 1.79. The van der Waals surface area contributed by atoms with Crippen LogP contribution in [0, 0.1) is 29.6 Å². The molecule has 0 spiro atoms. The highest BCUT2D eigenvalue weighted by atomic mass is 14.6. The van der Waals surface area contributed by atoms with Gasteiger partial charge in [-0.05, 0) is 24.7 Å². The lowest BCUT2D eigenvalue weighted by atomic mass is 10.0. The molecule has 0 aromatic heterocycles. The number of fused-ring (bicyclic) bond motifs is 1. The Labute approximate surface area is 56.6 Å². The predicted molar refractivity (Wildman–Crippen MR) is 37.8 cm³/mol. The van der Waals surface area contributed by atoms with Gasteiger partial charge >= 0.3 is 0 Å². The summed E-state index contributed by atoms with van der Waals surface area (Å²) in [5, 5.41) is 0. The topological polar surface area (TPSA) is 0 Å². The van der Waals surface area contributed by atoms with Crippen LogP contribution in [-0.2, 0) is 0 Å². The molecule has 2 fully saturated rings. The Hall–Kier alpha value is -0.440. The first kappa shape index (κ1) is 5.35. The van der Waals surface area contributed by atoms with Crippen LogP contribution < -0.4 is 0 Å². The molecule has 2 rings (SSSR count). The summed E-state index contributed by atoms with van der Waals surface area (Å²) in [6.45, 7) is 2.12. The van der Waals surface area contributed by atoms with E-state index in [1.54, 1.807) is 0 Å². The summed E-state index contributed by atoms with van der Waals surface area (Å²) in [4.78, 5) is 0. The van der Waals surface area contributed by atoms with E-state index in [2.05, 4.69) is 18.8 Å². The third-order valence-electron chi connectivity index (χ3n) is 2.61. The Morgan fingerprint density at radius 3 is 2.44 bits per heavy atom. The maximum absolute atomic E-state index is 3.32. The molecule has 0 heteroatoms. The molecule has 2 atom stereocenters. The SMILES string of the molecule is CCC#CC1C2CCC12. The molecular formula is C9H12. The van der Waals surface area contributed by atoms with E-state index in [0.29, 0.717) is 0 Å². The second-order valence-electron chi connectivity index (χ2n) is 3.11. The van der Waals surface area contributed by atoms with Crippen molar-refractivity contribution in [2.24, 2.45) is 17.8 Å². The zero-order valence-electron chi connectivity index (χ0n) is 5.85. The van der Waals surface area contributed by atoms with Crippen LogP contribution in [0.2, 0.25) is 0 Å². The molecule has 0 aromatic rings. The van der Waals surface area contributed by atoms with Crippen LogP contribution in [0.25, 0.3) is 0 Å². The molecule has 0 amide bonds. The Balaban J connectivity index is 1.89. The minimum atomic E-state index is 0.838. The molecule has 0 aromatic carbocycles. The average Bonchev–Trinajstić information content (AvgIpc) is 2.27. The maximum Gasteiger partial charge on any atom is 0.0265 e. The number of hydrogen-bond donors (Lipinski definition) is 0. The monoisotopic (exact) mass is 120 g/mol. The van der Waals surface area contributed by atoms with Gasteiger partial charge in [0.05, 0.1) is 0 Å². The van der Waals surface area contributed by atoms with Crippen molar-refractivity contribution >= 4 is 0 Å². The highest BCUT2D eigenvalue weighted by molar-refractivity contribution is 5.20. The van der Waals surface area contributed by atoms with Gasteiger partial charge in [0.1, 0.15) is 0 Å². The molecule has 9 heavy (non-hydrogen) atoms. The van der Waals surface area contributed by atoms with Crippen molar-refractivity contribution in [1.82, 2.24) is 0 Å². The minimum Gasteiger partial charge on any atom is -0.103 e. The fraction of sp³-hybridized carbons (Fsp3) is 0.778. The summed E-state index contributed by atoms with van der Waals surface area (Å²) in [6.07, 6.45) is 3.97. The van der Waals surface area contributed by atoms with Crippen molar-refractivity contribution in [3.63, 3.8) is 0 Å². The van der Waals surface area contributed by atoms with Crippen molar-refractivity contribution in [1.29, 1.82) is 0 Å². The summed E-state index contributed by atoms with van der Waals surface area (Å²) in [5.41, 5.74) is 0. The number of hydrogen-bond acceptors (Lipinski definition) is 0. The van der Waals surface area contributed by atoms with Gasteiger partial charge in [-0.2, -0.15) is 0 Å².